The van der Waals surface area contributed by atoms with Crippen molar-refractivity contribution in [2.75, 3.05) is 13.2 Å². The standard InChI is InChI=1S/C14H23ClO12/c1-4(17)27-14(15)11(22)8(19)5(2-16)26-13(14)24-3-6-7(18)9(20)10(21)12(23)25-6/h5-13,16,18-23H,2-3H2,1H3/t5-,6-,7-,8+,9+,10-,11+,12-,13+,14-/m1/s1. The predicted octanol–water partition coefficient (Wildman–Crippen LogP) is -4.26. The van der Waals surface area contributed by atoms with Crippen LogP contribution in [-0.4, -0.2) is 115 Å². The summed E-state index contributed by atoms with van der Waals surface area (Å²) in [4.78, 5) is 11.3. The minimum absolute atomic E-state index is 0.594. The molecule has 12 nitrogen and oxygen atoms in total. The van der Waals surface area contributed by atoms with Crippen LogP contribution in [0.15, 0.2) is 0 Å². The minimum Gasteiger partial charge on any atom is -0.435 e. The highest BCUT2D eigenvalue weighted by atomic mass is 35.5. The maximum Gasteiger partial charge on any atom is 0.304 e. The topological polar surface area (TPSA) is 196 Å². The molecule has 0 aliphatic carbocycles. The van der Waals surface area contributed by atoms with E-state index in [1.165, 1.54) is 0 Å². The van der Waals surface area contributed by atoms with Crippen LogP contribution in [0.25, 0.3) is 0 Å². The molecule has 0 aromatic carbocycles. The first-order chi connectivity index (χ1) is 12.5. The van der Waals surface area contributed by atoms with Crippen molar-refractivity contribution in [1.82, 2.24) is 0 Å². The summed E-state index contributed by atoms with van der Waals surface area (Å²) in [7, 11) is 0. The third-order valence-corrected chi connectivity index (χ3v) is 4.79. The Bertz CT molecular complexity index is 522. The number of esters is 1. The summed E-state index contributed by atoms with van der Waals surface area (Å²) in [5.74, 6) is -0.932. The van der Waals surface area contributed by atoms with Gasteiger partial charge >= 0.3 is 5.97 Å². The molecule has 0 radical (unpaired) electrons. The smallest absolute Gasteiger partial charge is 0.304 e. The summed E-state index contributed by atoms with van der Waals surface area (Å²) in [6.45, 7) is -0.332. The van der Waals surface area contributed by atoms with E-state index in [2.05, 4.69) is 0 Å². The van der Waals surface area contributed by atoms with Crippen molar-refractivity contribution in [1.29, 1.82) is 0 Å². The average molecular weight is 419 g/mol. The second-order valence-electron chi connectivity index (χ2n) is 6.29. The monoisotopic (exact) mass is 418 g/mol. The molecule has 0 aromatic heterocycles. The number of halogens is 1. The first-order valence-electron chi connectivity index (χ1n) is 8.03. The molecule has 0 aromatic rings. The fraction of sp³-hybridized carbons (Fsp3) is 0.929. The molecule has 0 spiro atoms. The normalized spacial score (nSPS) is 48.3. The third-order valence-electron chi connectivity index (χ3n) is 4.31. The van der Waals surface area contributed by atoms with Gasteiger partial charge in [0.2, 0.25) is 6.29 Å². The lowest BCUT2D eigenvalue weighted by molar-refractivity contribution is -0.336. The van der Waals surface area contributed by atoms with Crippen LogP contribution >= 0.6 is 11.6 Å². The van der Waals surface area contributed by atoms with Gasteiger partial charge in [0.15, 0.2) is 6.29 Å². The molecule has 0 amide bonds. The zero-order chi connectivity index (χ0) is 20.5. The van der Waals surface area contributed by atoms with Gasteiger partial charge in [0.05, 0.1) is 13.2 Å². The Balaban J connectivity index is 2.14. The number of aliphatic hydroxyl groups excluding tert-OH is 7. The van der Waals surface area contributed by atoms with E-state index < -0.39 is 79.6 Å². The van der Waals surface area contributed by atoms with Crippen LogP contribution in [0, 0.1) is 0 Å². The van der Waals surface area contributed by atoms with Crippen molar-refractivity contribution >= 4 is 17.6 Å². The molecule has 2 saturated heterocycles. The van der Waals surface area contributed by atoms with Crippen molar-refractivity contribution in [3.05, 3.63) is 0 Å². The van der Waals surface area contributed by atoms with E-state index in [-0.39, 0.29) is 0 Å². The van der Waals surface area contributed by atoms with Crippen molar-refractivity contribution in [2.24, 2.45) is 0 Å². The second-order valence-corrected chi connectivity index (χ2v) is 6.88. The van der Waals surface area contributed by atoms with Gasteiger partial charge in [-0.15, -0.1) is 0 Å². The molecule has 0 saturated carbocycles. The molecule has 7 N–H and O–H groups in total. The van der Waals surface area contributed by atoms with Crippen LogP contribution in [0.2, 0.25) is 0 Å². The maximum atomic E-state index is 11.3. The quantitative estimate of drug-likeness (QED) is 0.168. The lowest BCUT2D eigenvalue weighted by Gasteiger charge is -2.46. The number of ether oxygens (including phenoxy) is 4. The molecular weight excluding hydrogens is 396 g/mol. The van der Waals surface area contributed by atoms with Crippen LogP contribution < -0.4 is 0 Å². The van der Waals surface area contributed by atoms with E-state index in [9.17, 15) is 40.5 Å². The van der Waals surface area contributed by atoms with E-state index in [4.69, 9.17) is 30.5 Å². The predicted molar refractivity (Wildman–Crippen MR) is 83.0 cm³/mol. The fourth-order valence-electron chi connectivity index (χ4n) is 2.79. The van der Waals surface area contributed by atoms with Crippen LogP contribution in [0.4, 0.5) is 0 Å². The highest BCUT2D eigenvalue weighted by Gasteiger charge is 2.58. The van der Waals surface area contributed by atoms with Gasteiger partial charge in [-0.3, -0.25) is 4.79 Å². The highest BCUT2D eigenvalue weighted by molar-refractivity contribution is 6.24. The number of aliphatic hydroxyl groups is 7. The number of carbonyl (C=O) groups is 1. The lowest BCUT2D eigenvalue weighted by atomic mass is 9.98. The van der Waals surface area contributed by atoms with Crippen LogP contribution in [0.3, 0.4) is 0 Å². The molecule has 2 rings (SSSR count). The maximum absolute atomic E-state index is 11.3. The van der Waals surface area contributed by atoms with Gasteiger partial charge < -0.3 is 54.7 Å². The molecular formula is C14H23ClO12. The van der Waals surface area contributed by atoms with Gasteiger partial charge in [-0.1, -0.05) is 11.6 Å². The summed E-state index contributed by atoms with van der Waals surface area (Å²) in [5, 5.41) is 65.5. The Kier molecular flexibility index (Phi) is 7.38. The van der Waals surface area contributed by atoms with Gasteiger partial charge in [0.25, 0.3) is 5.06 Å². The Morgan fingerprint density at radius 2 is 1.63 bits per heavy atom. The average Bonchev–Trinajstić information content (AvgIpc) is 2.61. The van der Waals surface area contributed by atoms with Crippen molar-refractivity contribution < 1.29 is 59.5 Å². The van der Waals surface area contributed by atoms with Gasteiger partial charge in [-0.2, -0.15) is 0 Å². The highest BCUT2D eigenvalue weighted by Crippen LogP contribution is 2.38. The number of hydrogen-bond donors (Lipinski definition) is 7. The number of carbonyl (C=O) groups excluding carboxylic acids is 1. The second kappa shape index (κ2) is 8.80. The third kappa shape index (κ3) is 4.52. The minimum atomic E-state index is -2.40. The first kappa shape index (κ1) is 22.6. The van der Waals surface area contributed by atoms with Gasteiger partial charge in [0, 0.05) is 6.92 Å². The Morgan fingerprint density at radius 3 is 2.19 bits per heavy atom. The van der Waals surface area contributed by atoms with Crippen molar-refractivity contribution in [3.8, 4) is 0 Å². The van der Waals surface area contributed by atoms with E-state index in [1.807, 2.05) is 0 Å². The van der Waals surface area contributed by atoms with Crippen molar-refractivity contribution in [3.63, 3.8) is 0 Å². The molecule has 13 heteroatoms. The van der Waals surface area contributed by atoms with E-state index >= 15 is 0 Å². The fourth-order valence-corrected chi connectivity index (χ4v) is 3.14. The zero-order valence-electron chi connectivity index (χ0n) is 14.2. The van der Waals surface area contributed by atoms with Crippen LogP contribution in [-0.2, 0) is 23.7 Å². The van der Waals surface area contributed by atoms with Gasteiger partial charge in [0.1, 0.15) is 42.7 Å². The molecule has 2 aliphatic heterocycles. The number of alkyl halides is 1. The summed E-state index contributed by atoms with van der Waals surface area (Å²) in [6, 6.07) is 0. The van der Waals surface area contributed by atoms with E-state index in [1.54, 1.807) is 0 Å². The lowest BCUT2D eigenvalue weighted by Crippen LogP contribution is -2.66. The Hall–Kier alpha value is -0.640. The van der Waals surface area contributed by atoms with Crippen molar-refractivity contribution in [2.45, 2.75) is 67.3 Å². The first-order valence-corrected chi connectivity index (χ1v) is 8.41. The molecule has 2 heterocycles. The van der Waals surface area contributed by atoms with Gasteiger partial charge in [-0.25, -0.2) is 0 Å². The Labute approximate surface area is 158 Å². The molecule has 0 unspecified atom stereocenters. The number of rotatable bonds is 5. The number of hydrogen-bond acceptors (Lipinski definition) is 12. The molecule has 158 valence electrons. The molecule has 10 atom stereocenters. The zero-order valence-corrected chi connectivity index (χ0v) is 14.9. The van der Waals surface area contributed by atoms with E-state index in [0.29, 0.717) is 0 Å². The van der Waals surface area contributed by atoms with Crippen LogP contribution in [0.5, 0.6) is 0 Å². The Morgan fingerprint density at radius 1 is 1.00 bits per heavy atom. The van der Waals surface area contributed by atoms with E-state index in [0.717, 1.165) is 6.92 Å². The molecule has 2 fully saturated rings. The van der Waals surface area contributed by atoms with Crippen LogP contribution in [0.1, 0.15) is 6.92 Å². The molecule has 2 aliphatic rings. The molecule has 27 heavy (non-hydrogen) atoms. The summed E-state index contributed by atoms with van der Waals surface area (Å²) in [5.41, 5.74) is 0. The van der Waals surface area contributed by atoms with Gasteiger partial charge in [-0.05, 0) is 0 Å². The largest absolute Gasteiger partial charge is 0.435 e. The summed E-state index contributed by atoms with van der Waals surface area (Å²) < 4.78 is 20.3. The SMILES string of the molecule is CC(=O)O[C@@]1(Cl)[C@@H](OC[C@H]2O[C@@H](O)[C@H](O)[C@@H](O)[C@@H]2O)O[C@H](CO)[C@H](O)[C@@H]1O. The summed E-state index contributed by atoms with van der Waals surface area (Å²) >= 11 is 6.11. The summed E-state index contributed by atoms with van der Waals surface area (Å²) in [6.07, 6.45) is -15.0. The molecule has 0 bridgehead atoms.